The van der Waals surface area contributed by atoms with E-state index in [1.165, 1.54) is 18.4 Å². The number of ether oxygens (including phenoxy) is 1. The van der Waals surface area contributed by atoms with E-state index < -0.39 is 0 Å². The maximum atomic E-state index is 6.28. The standard InChI is InChI=1S/C18H25N5O/c1-13-3-6-18(21-20-13)23-8-7-17(24-12-14-4-5-14)16(23)9-15-10-19-22(2)11-15/h3,6,10-11,14,16-17H,4-5,7-9,12H2,1-2H3/t16-,17-/m0/s1. The number of aryl methyl sites for hydroxylation is 2. The van der Waals surface area contributed by atoms with E-state index in [-0.39, 0.29) is 6.10 Å². The Morgan fingerprint density at radius 3 is 2.75 bits per heavy atom. The van der Waals surface area contributed by atoms with Gasteiger partial charge in [-0.2, -0.15) is 10.2 Å². The largest absolute Gasteiger partial charge is 0.376 e. The first kappa shape index (κ1) is 15.6. The molecule has 1 saturated carbocycles. The fraction of sp³-hybridized carbons (Fsp3) is 0.611. The first-order valence-corrected chi connectivity index (χ1v) is 8.85. The van der Waals surface area contributed by atoms with Gasteiger partial charge in [0.2, 0.25) is 0 Å². The monoisotopic (exact) mass is 327 g/mol. The van der Waals surface area contributed by atoms with Gasteiger partial charge in [0.05, 0.1) is 24.0 Å². The molecular formula is C18H25N5O. The normalized spacial score (nSPS) is 23.8. The summed E-state index contributed by atoms with van der Waals surface area (Å²) >= 11 is 0. The smallest absolute Gasteiger partial charge is 0.151 e. The second kappa shape index (κ2) is 6.51. The van der Waals surface area contributed by atoms with Gasteiger partial charge in [-0.3, -0.25) is 4.68 Å². The summed E-state index contributed by atoms with van der Waals surface area (Å²) < 4.78 is 8.14. The lowest BCUT2D eigenvalue weighted by Gasteiger charge is -2.28. The van der Waals surface area contributed by atoms with Crippen molar-refractivity contribution in [1.29, 1.82) is 0 Å². The molecule has 2 atom stereocenters. The number of nitrogens with zero attached hydrogens (tertiary/aromatic N) is 5. The van der Waals surface area contributed by atoms with Gasteiger partial charge in [0.1, 0.15) is 0 Å². The minimum absolute atomic E-state index is 0.258. The second-order valence-corrected chi connectivity index (χ2v) is 7.12. The van der Waals surface area contributed by atoms with E-state index in [0.29, 0.717) is 6.04 Å². The molecule has 0 radical (unpaired) electrons. The van der Waals surface area contributed by atoms with E-state index in [1.807, 2.05) is 30.9 Å². The van der Waals surface area contributed by atoms with E-state index in [9.17, 15) is 0 Å². The van der Waals surface area contributed by atoms with Crippen molar-refractivity contribution in [1.82, 2.24) is 20.0 Å². The molecule has 2 aromatic heterocycles. The van der Waals surface area contributed by atoms with Crippen LogP contribution in [-0.4, -0.2) is 45.3 Å². The topological polar surface area (TPSA) is 56.1 Å². The van der Waals surface area contributed by atoms with Crippen LogP contribution in [0.25, 0.3) is 0 Å². The Balaban J connectivity index is 1.53. The Labute approximate surface area is 142 Å². The second-order valence-electron chi connectivity index (χ2n) is 7.12. The van der Waals surface area contributed by atoms with Crippen molar-refractivity contribution in [2.75, 3.05) is 18.1 Å². The summed E-state index contributed by atoms with van der Waals surface area (Å²) in [6.45, 7) is 3.84. The molecule has 4 rings (SSSR count). The van der Waals surface area contributed by atoms with Gasteiger partial charge in [-0.05, 0) is 56.2 Å². The SMILES string of the molecule is Cc1ccc(N2CC[C@H](OCC3CC3)[C@@H]2Cc2cnn(C)c2)nn1. The molecule has 128 valence electrons. The molecular weight excluding hydrogens is 302 g/mol. The van der Waals surface area contributed by atoms with Crippen LogP contribution in [0, 0.1) is 12.8 Å². The third-order valence-electron chi connectivity index (χ3n) is 5.01. The van der Waals surface area contributed by atoms with Crippen LogP contribution in [-0.2, 0) is 18.2 Å². The minimum Gasteiger partial charge on any atom is -0.376 e. The quantitative estimate of drug-likeness (QED) is 0.813. The summed E-state index contributed by atoms with van der Waals surface area (Å²) in [5.41, 5.74) is 2.19. The van der Waals surface area contributed by atoms with Crippen LogP contribution in [0.2, 0.25) is 0 Å². The summed E-state index contributed by atoms with van der Waals surface area (Å²) in [4.78, 5) is 2.36. The maximum absolute atomic E-state index is 6.28. The summed E-state index contributed by atoms with van der Waals surface area (Å²) in [5.74, 6) is 1.74. The Hall–Kier alpha value is -1.95. The van der Waals surface area contributed by atoms with Gasteiger partial charge in [0.15, 0.2) is 5.82 Å². The Kier molecular flexibility index (Phi) is 4.22. The van der Waals surface area contributed by atoms with Gasteiger partial charge in [-0.25, -0.2) is 0 Å². The van der Waals surface area contributed by atoms with Crippen LogP contribution in [0.4, 0.5) is 5.82 Å². The molecule has 0 amide bonds. The van der Waals surface area contributed by atoms with Crippen LogP contribution in [0.15, 0.2) is 24.5 Å². The Morgan fingerprint density at radius 1 is 1.21 bits per heavy atom. The highest BCUT2D eigenvalue weighted by Gasteiger charge is 2.37. The van der Waals surface area contributed by atoms with Crippen LogP contribution < -0.4 is 4.90 Å². The molecule has 0 unspecified atom stereocenters. The zero-order valence-electron chi connectivity index (χ0n) is 14.4. The van der Waals surface area contributed by atoms with Crippen molar-refractivity contribution in [2.24, 2.45) is 13.0 Å². The molecule has 0 aromatic carbocycles. The van der Waals surface area contributed by atoms with Crippen molar-refractivity contribution in [3.63, 3.8) is 0 Å². The summed E-state index contributed by atoms with van der Waals surface area (Å²) in [7, 11) is 1.96. The number of hydrogen-bond donors (Lipinski definition) is 0. The zero-order valence-corrected chi connectivity index (χ0v) is 14.4. The molecule has 2 fully saturated rings. The molecule has 1 aliphatic heterocycles. The van der Waals surface area contributed by atoms with Gasteiger partial charge in [-0.1, -0.05) is 0 Å². The van der Waals surface area contributed by atoms with E-state index in [2.05, 4.69) is 32.5 Å². The van der Waals surface area contributed by atoms with Gasteiger partial charge in [0.25, 0.3) is 0 Å². The summed E-state index contributed by atoms with van der Waals surface area (Å²) in [6.07, 6.45) is 8.94. The minimum atomic E-state index is 0.258. The summed E-state index contributed by atoms with van der Waals surface area (Å²) in [6, 6.07) is 4.40. The highest BCUT2D eigenvalue weighted by molar-refractivity contribution is 5.41. The van der Waals surface area contributed by atoms with Crippen molar-refractivity contribution >= 4 is 5.82 Å². The van der Waals surface area contributed by atoms with Crippen molar-refractivity contribution < 1.29 is 4.74 Å². The Bertz CT molecular complexity index is 679. The zero-order chi connectivity index (χ0) is 16.5. The van der Waals surface area contributed by atoms with Gasteiger partial charge < -0.3 is 9.64 Å². The van der Waals surface area contributed by atoms with E-state index in [4.69, 9.17) is 4.74 Å². The number of hydrogen-bond acceptors (Lipinski definition) is 5. The first-order chi connectivity index (χ1) is 11.7. The average molecular weight is 327 g/mol. The van der Waals surface area contributed by atoms with Gasteiger partial charge in [0, 0.05) is 26.4 Å². The van der Waals surface area contributed by atoms with E-state index in [0.717, 1.165) is 43.4 Å². The lowest BCUT2D eigenvalue weighted by Crippen LogP contribution is -2.39. The first-order valence-electron chi connectivity index (χ1n) is 8.85. The molecule has 0 N–H and O–H groups in total. The molecule has 6 nitrogen and oxygen atoms in total. The predicted octanol–water partition coefficient (Wildman–Crippen LogP) is 2.14. The third kappa shape index (κ3) is 3.43. The fourth-order valence-electron chi connectivity index (χ4n) is 3.45. The van der Waals surface area contributed by atoms with Crippen LogP contribution in [0.3, 0.4) is 0 Å². The summed E-state index contributed by atoms with van der Waals surface area (Å²) in [5, 5.41) is 12.9. The molecule has 2 aromatic rings. The fourth-order valence-corrected chi connectivity index (χ4v) is 3.45. The van der Waals surface area contributed by atoms with E-state index in [1.54, 1.807) is 0 Å². The van der Waals surface area contributed by atoms with Crippen LogP contribution >= 0.6 is 0 Å². The third-order valence-corrected chi connectivity index (χ3v) is 5.01. The number of aromatic nitrogens is 4. The van der Waals surface area contributed by atoms with Crippen molar-refractivity contribution in [2.45, 2.75) is 44.8 Å². The van der Waals surface area contributed by atoms with Crippen molar-refractivity contribution in [3.05, 3.63) is 35.8 Å². The lowest BCUT2D eigenvalue weighted by atomic mass is 10.0. The van der Waals surface area contributed by atoms with Crippen LogP contribution in [0.5, 0.6) is 0 Å². The molecule has 6 heteroatoms. The predicted molar refractivity (Wildman–Crippen MR) is 91.9 cm³/mol. The molecule has 3 heterocycles. The lowest BCUT2D eigenvalue weighted by molar-refractivity contribution is 0.0407. The van der Waals surface area contributed by atoms with Crippen molar-refractivity contribution in [3.8, 4) is 0 Å². The van der Waals surface area contributed by atoms with Crippen LogP contribution in [0.1, 0.15) is 30.5 Å². The highest BCUT2D eigenvalue weighted by atomic mass is 16.5. The van der Waals surface area contributed by atoms with Gasteiger partial charge in [-0.15, -0.1) is 5.10 Å². The molecule has 0 spiro atoms. The average Bonchev–Trinajstić information content (AvgIpc) is 3.20. The highest BCUT2D eigenvalue weighted by Crippen LogP contribution is 2.33. The molecule has 1 saturated heterocycles. The van der Waals surface area contributed by atoms with Gasteiger partial charge >= 0.3 is 0 Å². The molecule has 0 bridgehead atoms. The van der Waals surface area contributed by atoms with E-state index >= 15 is 0 Å². The molecule has 1 aliphatic carbocycles. The maximum Gasteiger partial charge on any atom is 0.151 e. The number of anilines is 1. The molecule has 2 aliphatic rings. The molecule has 24 heavy (non-hydrogen) atoms. The number of rotatable bonds is 6. The Morgan fingerprint density at radius 2 is 2.08 bits per heavy atom.